The molecule has 0 aliphatic carbocycles. The standard InChI is InChI=1S/C26H34N4O5/c1-17-14-30(25(32)13-20-8-6-7-11-27-20)18(2)16-35-23-10-9-21(28-19(3)31)12-22(23)26(33)29(4)15-24(17)34-5/h6-12,17-18,24H,13-16H2,1-5H3,(H,28,31)/t17-,18-,24+/m0/s1. The smallest absolute Gasteiger partial charge is 0.257 e. The Balaban J connectivity index is 1.94. The molecule has 9 nitrogen and oxygen atoms in total. The van der Waals surface area contributed by atoms with Gasteiger partial charge in [0.05, 0.1) is 24.1 Å². The molecule has 2 heterocycles. The number of hydrogen-bond donors (Lipinski definition) is 1. The lowest BCUT2D eigenvalue weighted by molar-refractivity contribution is -0.134. The first kappa shape index (κ1) is 26.2. The third-order valence-corrected chi connectivity index (χ3v) is 6.14. The molecule has 0 saturated heterocycles. The molecule has 3 rings (SSSR count). The van der Waals surface area contributed by atoms with Crippen molar-refractivity contribution in [2.45, 2.75) is 39.3 Å². The third-order valence-electron chi connectivity index (χ3n) is 6.14. The fraction of sp³-hybridized carbons (Fsp3) is 0.462. The van der Waals surface area contributed by atoms with Crippen molar-refractivity contribution in [3.8, 4) is 5.75 Å². The molecule has 1 aliphatic rings. The second-order valence-corrected chi connectivity index (χ2v) is 9.03. The number of aromatic nitrogens is 1. The maximum absolute atomic E-state index is 13.3. The average molecular weight is 483 g/mol. The summed E-state index contributed by atoms with van der Waals surface area (Å²) < 4.78 is 11.8. The molecule has 1 aliphatic heterocycles. The number of rotatable bonds is 4. The summed E-state index contributed by atoms with van der Waals surface area (Å²) in [5, 5.41) is 2.71. The molecule has 0 radical (unpaired) electrons. The van der Waals surface area contributed by atoms with Gasteiger partial charge in [-0.1, -0.05) is 13.0 Å². The number of ether oxygens (including phenoxy) is 2. The molecular formula is C26H34N4O5. The molecule has 0 fully saturated rings. The number of hydrogen-bond acceptors (Lipinski definition) is 6. The van der Waals surface area contributed by atoms with Crippen LogP contribution in [0.25, 0.3) is 0 Å². The minimum absolute atomic E-state index is 0.0463. The van der Waals surface area contributed by atoms with E-state index in [1.807, 2.05) is 32.0 Å². The van der Waals surface area contributed by atoms with Crippen LogP contribution in [-0.2, 0) is 20.7 Å². The quantitative estimate of drug-likeness (QED) is 0.719. The number of pyridine rings is 1. The van der Waals surface area contributed by atoms with E-state index in [9.17, 15) is 14.4 Å². The van der Waals surface area contributed by atoms with Gasteiger partial charge in [-0.2, -0.15) is 0 Å². The van der Waals surface area contributed by atoms with Gasteiger partial charge in [0.25, 0.3) is 5.91 Å². The first-order valence-electron chi connectivity index (χ1n) is 11.7. The Morgan fingerprint density at radius 3 is 2.63 bits per heavy atom. The van der Waals surface area contributed by atoms with E-state index in [1.54, 1.807) is 48.4 Å². The van der Waals surface area contributed by atoms with Gasteiger partial charge in [0.2, 0.25) is 11.8 Å². The molecule has 3 amide bonds. The summed E-state index contributed by atoms with van der Waals surface area (Å²) >= 11 is 0. The molecular weight excluding hydrogens is 448 g/mol. The molecule has 0 unspecified atom stereocenters. The molecule has 35 heavy (non-hydrogen) atoms. The van der Waals surface area contributed by atoms with E-state index in [4.69, 9.17) is 9.47 Å². The van der Waals surface area contributed by atoms with Gasteiger partial charge >= 0.3 is 0 Å². The number of methoxy groups -OCH3 is 1. The van der Waals surface area contributed by atoms with E-state index in [-0.39, 0.29) is 48.8 Å². The molecule has 0 bridgehead atoms. The van der Waals surface area contributed by atoms with Crippen LogP contribution in [0.4, 0.5) is 5.69 Å². The Labute approximate surface area is 206 Å². The van der Waals surface area contributed by atoms with E-state index in [1.165, 1.54) is 6.92 Å². The Morgan fingerprint density at radius 1 is 1.20 bits per heavy atom. The molecule has 9 heteroatoms. The van der Waals surface area contributed by atoms with E-state index in [2.05, 4.69) is 10.3 Å². The Bertz CT molecular complexity index is 1050. The number of benzene rings is 1. The van der Waals surface area contributed by atoms with Crippen LogP contribution in [-0.4, -0.2) is 78.5 Å². The predicted molar refractivity (Wildman–Crippen MR) is 132 cm³/mol. The maximum Gasteiger partial charge on any atom is 0.257 e. The average Bonchev–Trinajstić information content (AvgIpc) is 2.83. The van der Waals surface area contributed by atoms with Crippen molar-refractivity contribution in [3.05, 3.63) is 53.9 Å². The van der Waals surface area contributed by atoms with Crippen molar-refractivity contribution in [3.63, 3.8) is 0 Å². The predicted octanol–water partition coefficient (Wildman–Crippen LogP) is 2.62. The number of anilines is 1. The van der Waals surface area contributed by atoms with Crippen LogP contribution in [0.5, 0.6) is 5.75 Å². The molecule has 1 aromatic heterocycles. The summed E-state index contributed by atoms with van der Waals surface area (Å²) in [6.07, 6.45) is 1.57. The monoisotopic (exact) mass is 482 g/mol. The number of nitrogens with zero attached hydrogens (tertiary/aromatic N) is 3. The van der Waals surface area contributed by atoms with Gasteiger partial charge < -0.3 is 24.6 Å². The minimum Gasteiger partial charge on any atom is -0.491 e. The summed E-state index contributed by atoms with van der Waals surface area (Å²) in [5.74, 6) is -0.178. The van der Waals surface area contributed by atoms with Gasteiger partial charge in [-0.15, -0.1) is 0 Å². The highest BCUT2D eigenvalue weighted by atomic mass is 16.5. The van der Waals surface area contributed by atoms with Crippen molar-refractivity contribution in [1.82, 2.24) is 14.8 Å². The van der Waals surface area contributed by atoms with Gasteiger partial charge in [-0.3, -0.25) is 19.4 Å². The molecule has 0 saturated carbocycles. The van der Waals surface area contributed by atoms with Gasteiger partial charge in [0.1, 0.15) is 12.4 Å². The summed E-state index contributed by atoms with van der Waals surface area (Å²) in [4.78, 5) is 45.9. The minimum atomic E-state index is -0.288. The van der Waals surface area contributed by atoms with Crippen LogP contribution in [0.2, 0.25) is 0 Å². The van der Waals surface area contributed by atoms with Crippen molar-refractivity contribution in [1.29, 1.82) is 0 Å². The summed E-state index contributed by atoms with van der Waals surface area (Å²) in [6.45, 7) is 6.32. The zero-order chi connectivity index (χ0) is 25.5. The van der Waals surface area contributed by atoms with E-state index in [0.29, 0.717) is 35.8 Å². The SMILES string of the molecule is CO[C@@H]1CN(C)C(=O)c2cc(NC(C)=O)ccc2OC[C@H](C)N(C(=O)Cc2ccccn2)C[C@@H]1C. The largest absolute Gasteiger partial charge is 0.491 e. The van der Waals surface area contributed by atoms with Crippen LogP contribution in [0.3, 0.4) is 0 Å². The highest BCUT2D eigenvalue weighted by Crippen LogP contribution is 2.26. The van der Waals surface area contributed by atoms with E-state index >= 15 is 0 Å². The molecule has 188 valence electrons. The van der Waals surface area contributed by atoms with Crippen molar-refractivity contribution < 1.29 is 23.9 Å². The normalized spacial score (nSPS) is 21.3. The molecule has 0 spiro atoms. The number of amides is 3. The van der Waals surface area contributed by atoms with Crippen molar-refractivity contribution in [2.75, 3.05) is 39.2 Å². The van der Waals surface area contributed by atoms with Gasteiger partial charge in [0.15, 0.2) is 0 Å². The van der Waals surface area contributed by atoms with Crippen LogP contribution in [0.15, 0.2) is 42.6 Å². The second kappa shape index (κ2) is 11.8. The van der Waals surface area contributed by atoms with Crippen LogP contribution in [0, 0.1) is 5.92 Å². The van der Waals surface area contributed by atoms with Gasteiger partial charge in [0, 0.05) is 57.7 Å². The molecule has 2 aromatic rings. The van der Waals surface area contributed by atoms with E-state index < -0.39 is 0 Å². The zero-order valence-electron chi connectivity index (χ0n) is 21.0. The first-order valence-corrected chi connectivity index (χ1v) is 11.7. The molecule has 1 aromatic carbocycles. The van der Waals surface area contributed by atoms with Crippen molar-refractivity contribution >= 4 is 23.4 Å². The van der Waals surface area contributed by atoms with Gasteiger partial charge in [-0.25, -0.2) is 0 Å². The summed E-state index contributed by atoms with van der Waals surface area (Å²) in [5.41, 5.74) is 1.54. The lowest BCUT2D eigenvalue weighted by atomic mass is 10.0. The highest BCUT2D eigenvalue weighted by molar-refractivity contribution is 5.99. The van der Waals surface area contributed by atoms with Crippen LogP contribution in [0.1, 0.15) is 36.8 Å². The number of nitrogens with one attached hydrogen (secondary N) is 1. The Kier molecular flexibility index (Phi) is 8.81. The number of carbonyl (C=O) groups is 3. The first-order chi connectivity index (χ1) is 16.7. The van der Waals surface area contributed by atoms with Crippen LogP contribution < -0.4 is 10.1 Å². The Hall–Kier alpha value is -3.46. The number of carbonyl (C=O) groups excluding carboxylic acids is 3. The lowest BCUT2D eigenvalue weighted by Gasteiger charge is -2.36. The topological polar surface area (TPSA) is 101 Å². The highest BCUT2D eigenvalue weighted by Gasteiger charge is 2.30. The van der Waals surface area contributed by atoms with Crippen LogP contribution >= 0.6 is 0 Å². The lowest BCUT2D eigenvalue weighted by Crippen LogP contribution is -2.49. The van der Waals surface area contributed by atoms with E-state index in [0.717, 1.165) is 0 Å². The molecule has 3 atom stereocenters. The van der Waals surface area contributed by atoms with Crippen molar-refractivity contribution in [2.24, 2.45) is 5.92 Å². The number of likely N-dealkylation sites (N-methyl/N-ethyl adjacent to an activating group) is 1. The zero-order valence-corrected chi connectivity index (χ0v) is 21.0. The molecule has 1 N–H and O–H groups in total. The summed E-state index contributed by atoms with van der Waals surface area (Å²) in [7, 11) is 3.31. The fourth-order valence-corrected chi connectivity index (χ4v) is 4.16. The second-order valence-electron chi connectivity index (χ2n) is 9.03. The summed E-state index contributed by atoms with van der Waals surface area (Å²) in [6, 6.07) is 10.2. The third kappa shape index (κ3) is 6.79. The van der Waals surface area contributed by atoms with Gasteiger partial charge in [-0.05, 0) is 37.3 Å². The maximum atomic E-state index is 13.3. The fourth-order valence-electron chi connectivity index (χ4n) is 4.16. The number of fused-ring (bicyclic) bond motifs is 1. The Morgan fingerprint density at radius 2 is 1.97 bits per heavy atom.